The van der Waals surface area contributed by atoms with E-state index in [1.165, 1.54) is 0 Å². The van der Waals surface area contributed by atoms with Gasteiger partial charge in [0, 0.05) is 11.3 Å². The van der Waals surface area contributed by atoms with Crippen LogP contribution in [-0.2, 0) is 9.53 Å². The predicted octanol–water partition coefficient (Wildman–Crippen LogP) is 3.64. The van der Waals surface area contributed by atoms with E-state index in [0.717, 1.165) is 11.3 Å². The average molecular weight is 388 g/mol. The Morgan fingerprint density at radius 2 is 2.04 bits per heavy atom. The molecule has 0 saturated heterocycles. The first-order chi connectivity index (χ1) is 13.1. The number of carbonyl (C=O) groups excluding carboxylic acids is 1. The maximum atomic E-state index is 12.8. The maximum absolute atomic E-state index is 12.8. The summed E-state index contributed by atoms with van der Waals surface area (Å²) in [7, 11) is 0. The summed E-state index contributed by atoms with van der Waals surface area (Å²) in [4.78, 5) is 17.3. The number of fused-ring (bicyclic) bond motifs is 1. The van der Waals surface area contributed by atoms with E-state index in [1.54, 1.807) is 23.4 Å². The number of ether oxygens (including phenoxy) is 2. The van der Waals surface area contributed by atoms with Crippen LogP contribution in [0.4, 0.5) is 5.95 Å². The van der Waals surface area contributed by atoms with Crippen molar-refractivity contribution in [3.8, 4) is 5.75 Å². The number of hydrogen-bond donors (Lipinski definition) is 1. The van der Waals surface area contributed by atoms with Crippen molar-refractivity contribution >= 4 is 23.7 Å². The molecular formula is C19H24N4O3S. The predicted molar refractivity (Wildman–Crippen MR) is 105 cm³/mol. The number of nitrogens with one attached hydrogen (secondary N) is 1. The largest absolute Gasteiger partial charge is 0.494 e. The van der Waals surface area contributed by atoms with E-state index >= 15 is 0 Å². The van der Waals surface area contributed by atoms with Gasteiger partial charge in [-0.15, -0.1) is 5.10 Å². The maximum Gasteiger partial charge on any atom is 0.338 e. The van der Waals surface area contributed by atoms with Crippen LogP contribution in [0.5, 0.6) is 5.75 Å². The molecule has 144 valence electrons. The summed E-state index contributed by atoms with van der Waals surface area (Å²) in [6.07, 6.45) is 0. The SMILES string of the molecule is CCOC(=O)C1=C(C)Nc2nc(SCC)nn2[C@H]1c1ccccc1OCC. The van der Waals surface area contributed by atoms with Gasteiger partial charge in [-0.05, 0) is 32.6 Å². The van der Waals surface area contributed by atoms with E-state index in [1.807, 2.05) is 45.0 Å². The van der Waals surface area contributed by atoms with Gasteiger partial charge in [-0.3, -0.25) is 0 Å². The average Bonchev–Trinajstić information content (AvgIpc) is 3.04. The number of rotatable bonds is 7. The topological polar surface area (TPSA) is 78.3 Å². The molecule has 2 heterocycles. The lowest BCUT2D eigenvalue weighted by atomic mass is 9.95. The number of benzene rings is 1. The minimum Gasteiger partial charge on any atom is -0.494 e. The number of nitrogens with zero attached hydrogens (tertiary/aromatic N) is 3. The fourth-order valence-electron chi connectivity index (χ4n) is 3.08. The van der Waals surface area contributed by atoms with Crippen LogP contribution in [0.2, 0.25) is 0 Å². The summed E-state index contributed by atoms with van der Waals surface area (Å²) in [6, 6.07) is 7.22. The molecule has 0 amide bonds. The van der Waals surface area contributed by atoms with Gasteiger partial charge in [0.25, 0.3) is 0 Å². The van der Waals surface area contributed by atoms with Gasteiger partial charge < -0.3 is 14.8 Å². The lowest BCUT2D eigenvalue weighted by Crippen LogP contribution is -2.30. The second kappa shape index (κ2) is 8.47. The Morgan fingerprint density at radius 3 is 2.74 bits per heavy atom. The zero-order valence-electron chi connectivity index (χ0n) is 16.0. The van der Waals surface area contributed by atoms with Gasteiger partial charge in [0.15, 0.2) is 0 Å². The van der Waals surface area contributed by atoms with E-state index < -0.39 is 6.04 Å². The number of esters is 1. The first-order valence-corrected chi connectivity index (χ1v) is 10.0. The van der Waals surface area contributed by atoms with Crippen LogP contribution in [0.25, 0.3) is 0 Å². The third-order valence-electron chi connectivity index (χ3n) is 4.12. The number of anilines is 1. The van der Waals surface area contributed by atoms with Gasteiger partial charge in [-0.25, -0.2) is 9.48 Å². The lowest BCUT2D eigenvalue weighted by Gasteiger charge is -2.29. The summed E-state index contributed by atoms with van der Waals surface area (Å²) in [5, 5.41) is 8.49. The van der Waals surface area contributed by atoms with E-state index in [2.05, 4.69) is 15.4 Å². The van der Waals surface area contributed by atoms with E-state index in [9.17, 15) is 4.79 Å². The molecule has 1 aliphatic rings. The van der Waals surface area contributed by atoms with Crippen LogP contribution in [-0.4, -0.2) is 39.7 Å². The third kappa shape index (κ3) is 3.80. The number of para-hydroxylation sites is 1. The summed E-state index contributed by atoms with van der Waals surface area (Å²) in [5.41, 5.74) is 2.06. The molecule has 1 aliphatic heterocycles. The van der Waals surface area contributed by atoms with Gasteiger partial charge in [0.1, 0.15) is 11.8 Å². The van der Waals surface area contributed by atoms with Gasteiger partial charge >= 0.3 is 5.97 Å². The number of hydrogen-bond acceptors (Lipinski definition) is 7. The van der Waals surface area contributed by atoms with Crippen LogP contribution in [0.3, 0.4) is 0 Å². The number of allylic oxidation sites excluding steroid dienone is 1. The van der Waals surface area contributed by atoms with Crippen LogP contribution in [0.1, 0.15) is 39.3 Å². The smallest absolute Gasteiger partial charge is 0.338 e. The van der Waals surface area contributed by atoms with Crippen molar-refractivity contribution in [1.29, 1.82) is 0 Å². The molecule has 1 atom stereocenters. The molecule has 27 heavy (non-hydrogen) atoms. The lowest BCUT2D eigenvalue weighted by molar-refractivity contribution is -0.139. The first-order valence-electron chi connectivity index (χ1n) is 9.06. The highest BCUT2D eigenvalue weighted by Gasteiger charge is 2.36. The van der Waals surface area contributed by atoms with Crippen LogP contribution in [0.15, 0.2) is 40.7 Å². The van der Waals surface area contributed by atoms with E-state index in [4.69, 9.17) is 9.47 Å². The molecule has 2 aromatic rings. The molecule has 0 aliphatic carbocycles. The Labute approximate surface area is 163 Å². The first kappa shape index (κ1) is 19.3. The number of aromatic nitrogens is 3. The summed E-state index contributed by atoms with van der Waals surface area (Å²) in [6.45, 7) is 8.46. The fraction of sp³-hybridized carbons (Fsp3) is 0.421. The van der Waals surface area contributed by atoms with Gasteiger partial charge in [-0.1, -0.05) is 36.9 Å². The Morgan fingerprint density at radius 1 is 1.26 bits per heavy atom. The zero-order valence-corrected chi connectivity index (χ0v) is 16.8. The van der Waals surface area contributed by atoms with E-state index in [0.29, 0.717) is 41.3 Å². The highest BCUT2D eigenvalue weighted by Crippen LogP contribution is 2.40. The third-order valence-corrected chi connectivity index (χ3v) is 4.84. The second-order valence-electron chi connectivity index (χ2n) is 5.85. The molecule has 0 bridgehead atoms. The molecule has 1 N–H and O–H groups in total. The molecule has 3 rings (SSSR count). The van der Waals surface area contributed by atoms with E-state index in [-0.39, 0.29) is 5.97 Å². The second-order valence-corrected chi connectivity index (χ2v) is 7.08. The Kier molecular flexibility index (Phi) is 6.05. The van der Waals surface area contributed by atoms with Crippen LogP contribution in [0, 0.1) is 0 Å². The highest BCUT2D eigenvalue weighted by atomic mass is 32.2. The van der Waals surface area contributed by atoms with Gasteiger partial charge in [-0.2, -0.15) is 4.98 Å². The van der Waals surface area contributed by atoms with Crippen molar-refractivity contribution in [3.05, 3.63) is 41.1 Å². The summed E-state index contributed by atoms with van der Waals surface area (Å²) in [5.74, 6) is 1.81. The molecule has 0 radical (unpaired) electrons. The minimum atomic E-state index is -0.471. The quantitative estimate of drug-likeness (QED) is 0.573. The van der Waals surface area contributed by atoms with Crippen molar-refractivity contribution in [1.82, 2.24) is 14.8 Å². The van der Waals surface area contributed by atoms with Gasteiger partial charge in [0.05, 0.1) is 18.8 Å². The Hall–Kier alpha value is -2.48. The molecule has 0 saturated carbocycles. The van der Waals surface area contributed by atoms with Crippen LogP contribution < -0.4 is 10.1 Å². The van der Waals surface area contributed by atoms with Crippen molar-refractivity contribution in [2.24, 2.45) is 0 Å². The van der Waals surface area contributed by atoms with Crippen molar-refractivity contribution < 1.29 is 14.3 Å². The molecule has 8 heteroatoms. The Bertz CT molecular complexity index is 862. The van der Waals surface area contributed by atoms with Crippen LogP contribution >= 0.6 is 11.8 Å². The monoisotopic (exact) mass is 388 g/mol. The highest BCUT2D eigenvalue weighted by molar-refractivity contribution is 7.99. The fourth-order valence-corrected chi connectivity index (χ4v) is 3.63. The van der Waals surface area contributed by atoms with Crippen molar-refractivity contribution in [2.45, 2.75) is 38.9 Å². The molecule has 7 nitrogen and oxygen atoms in total. The molecule has 0 fully saturated rings. The zero-order chi connectivity index (χ0) is 19.4. The van der Waals surface area contributed by atoms with Crippen molar-refractivity contribution in [3.63, 3.8) is 0 Å². The van der Waals surface area contributed by atoms with Gasteiger partial charge in [0.2, 0.25) is 11.1 Å². The molecular weight excluding hydrogens is 364 g/mol. The summed E-state index contributed by atoms with van der Waals surface area (Å²) < 4.78 is 12.9. The normalized spacial score (nSPS) is 15.9. The number of carbonyl (C=O) groups is 1. The molecule has 0 unspecified atom stereocenters. The molecule has 1 aromatic carbocycles. The Balaban J connectivity index is 2.17. The minimum absolute atomic E-state index is 0.302. The summed E-state index contributed by atoms with van der Waals surface area (Å²) >= 11 is 1.55. The van der Waals surface area contributed by atoms with Crippen molar-refractivity contribution in [2.75, 3.05) is 24.3 Å². The molecule has 1 aromatic heterocycles. The molecule has 0 spiro atoms. The standard InChI is InChI=1S/C19H24N4O3S/c1-5-25-14-11-9-8-10-13(14)16-15(17(24)26-6-2)12(4)20-18-21-19(27-7-3)22-23(16)18/h8-11,16H,5-7H2,1-4H3,(H,20,21,22)/t16-/m0/s1. The number of thioether (sulfide) groups is 1.